The van der Waals surface area contributed by atoms with Crippen LogP contribution in [0, 0.1) is 17.0 Å². The SMILES string of the molecule is CC(=O)O.Cc1cn2c(n1)C(O)N=C(c1cccs1)c1cc([N+](=O)[O-])ccc1-2. The van der Waals surface area contributed by atoms with Crippen molar-refractivity contribution in [3.05, 3.63) is 74.0 Å². The third kappa shape index (κ3) is 3.82. The molecule has 1 unspecified atom stereocenters. The van der Waals surface area contributed by atoms with Gasteiger partial charge in [0.1, 0.15) is 0 Å². The van der Waals surface area contributed by atoms with Gasteiger partial charge in [-0.1, -0.05) is 6.07 Å². The summed E-state index contributed by atoms with van der Waals surface area (Å²) in [6, 6.07) is 8.35. The Morgan fingerprint density at radius 2 is 2.07 bits per heavy atom. The zero-order valence-electron chi connectivity index (χ0n) is 14.9. The molecule has 10 heteroatoms. The molecule has 3 aromatic rings. The van der Waals surface area contributed by atoms with Crippen LogP contribution in [0.4, 0.5) is 5.69 Å². The van der Waals surface area contributed by atoms with Gasteiger partial charge in [0.05, 0.1) is 26.9 Å². The molecule has 28 heavy (non-hydrogen) atoms. The maximum Gasteiger partial charge on any atom is 0.300 e. The highest BCUT2D eigenvalue weighted by Crippen LogP contribution is 2.32. The number of carboxylic acids is 1. The summed E-state index contributed by atoms with van der Waals surface area (Å²) in [6.07, 6.45) is 0.651. The number of imidazole rings is 1. The number of nitro benzene ring substituents is 1. The number of aliphatic hydroxyl groups is 1. The van der Waals surface area contributed by atoms with E-state index in [1.54, 1.807) is 16.8 Å². The van der Waals surface area contributed by atoms with E-state index < -0.39 is 17.1 Å². The van der Waals surface area contributed by atoms with Gasteiger partial charge in [-0.15, -0.1) is 11.3 Å². The van der Waals surface area contributed by atoms with Gasteiger partial charge in [-0.2, -0.15) is 0 Å². The molecule has 0 bridgehead atoms. The fraction of sp³-hybridized carbons (Fsp3) is 0.167. The Morgan fingerprint density at radius 1 is 1.36 bits per heavy atom. The fourth-order valence-corrected chi connectivity index (χ4v) is 3.52. The summed E-state index contributed by atoms with van der Waals surface area (Å²) in [5.74, 6) is -0.436. The quantitative estimate of drug-likeness (QED) is 0.502. The molecule has 9 nitrogen and oxygen atoms in total. The van der Waals surface area contributed by atoms with E-state index in [4.69, 9.17) is 9.90 Å². The Bertz CT molecular complexity index is 1070. The summed E-state index contributed by atoms with van der Waals surface area (Å²) in [7, 11) is 0. The van der Waals surface area contributed by atoms with Crippen LogP contribution in [0.15, 0.2) is 46.9 Å². The van der Waals surface area contributed by atoms with Gasteiger partial charge < -0.3 is 10.2 Å². The van der Waals surface area contributed by atoms with Crippen molar-refractivity contribution in [1.82, 2.24) is 9.55 Å². The molecular formula is C18H16N4O5S. The molecule has 1 aliphatic rings. The first-order valence-electron chi connectivity index (χ1n) is 8.12. The van der Waals surface area contributed by atoms with Crippen molar-refractivity contribution in [2.45, 2.75) is 20.1 Å². The summed E-state index contributed by atoms with van der Waals surface area (Å²) >= 11 is 1.46. The van der Waals surface area contributed by atoms with Crippen LogP contribution in [0.2, 0.25) is 0 Å². The number of carbonyl (C=O) groups is 1. The lowest BCUT2D eigenvalue weighted by molar-refractivity contribution is -0.384. The number of hydrogen-bond acceptors (Lipinski definition) is 7. The Kier molecular flexibility index (Phi) is 5.34. The van der Waals surface area contributed by atoms with Gasteiger partial charge in [0.2, 0.25) is 6.23 Å². The molecule has 2 N–H and O–H groups in total. The third-order valence-corrected chi connectivity index (χ3v) is 4.67. The standard InChI is InChI=1S/C16H12N4O3S.C2H4O2/c1-9-8-19-12-5-4-10(20(22)23)7-11(12)14(13-3-2-6-24-13)18-16(21)15(19)17-9;1-2(3)4/h2-8,16,21H,1H3;1H3,(H,3,4). The highest BCUT2D eigenvalue weighted by Gasteiger charge is 2.27. The number of aliphatic imine (C=N–C) groups is 1. The number of aliphatic hydroxyl groups excluding tert-OH is 1. The van der Waals surface area contributed by atoms with Crippen LogP contribution < -0.4 is 0 Å². The van der Waals surface area contributed by atoms with Crippen molar-refractivity contribution in [2.75, 3.05) is 0 Å². The fourth-order valence-electron chi connectivity index (χ4n) is 2.79. The van der Waals surface area contributed by atoms with Gasteiger partial charge in [-0.3, -0.25) is 19.5 Å². The lowest BCUT2D eigenvalue weighted by Crippen LogP contribution is -2.06. The lowest BCUT2D eigenvalue weighted by atomic mass is 10.1. The molecule has 0 radical (unpaired) electrons. The van der Waals surface area contributed by atoms with Crippen molar-refractivity contribution in [2.24, 2.45) is 4.99 Å². The van der Waals surface area contributed by atoms with Crippen LogP contribution in [-0.2, 0) is 4.79 Å². The number of nitro groups is 1. The molecule has 1 atom stereocenters. The van der Waals surface area contributed by atoms with Gasteiger partial charge in [0, 0.05) is 30.8 Å². The van der Waals surface area contributed by atoms with Crippen LogP contribution in [0.1, 0.15) is 35.1 Å². The van der Waals surface area contributed by atoms with Crippen LogP contribution in [0.25, 0.3) is 5.69 Å². The number of nitrogens with zero attached hydrogens (tertiary/aromatic N) is 4. The van der Waals surface area contributed by atoms with Crippen LogP contribution >= 0.6 is 11.3 Å². The summed E-state index contributed by atoms with van der Waals surface area (Å²) in [4.78, 5) is 29.3. The smallest absolute Gasteiger partial charge is 0.300 e. The van der Waals surface area contributed by atoms with Crippen molar-refractivity contribution in [3.63, 3.8) is 0 Å². The number of hydrogen-bond donors (Lipinski definition) is 2. The van der Waals surface area contributed by atoms with Crippen LogP contribution in [0.5, 0.6) is 0 Å². The first-order chi connectivity index (χ1) is 13.3. The Morgan fingerprint density at radius 3 is 2.68 bits per heavy atom. The summed E-state index contributed by atoms with van der Waals surface area (Å²) in [6.45, 7) is 2.91. The highest BCUT2D eigenvalue weighted by molar-refractivity contribution is 7.12. The van der Waals surface area contributed by atoms with Gasteiger partial charge in [0.15, 0.2) is 5.82 Å². The second-order valence-corrected chi connectivity index (χ2v) is 6.86. The molecule has 144 valence electrons. The number of fused-ring (bicyclic) bond motifs is 3. The monoisotopic (exact) mass is 400 g/mol. The van der Waals surface area contributed by atoms with Crippen molar-refractivity contribution in [3.8, 4) is 5.69 Å². The number of thiophene rings is 1. The number of non-ortho nitro benzene ring substituents is 1. The molecule has 0 amide bonds. The predicted molar refractivity (Wildman–Crippen MR) is 103 cm³/mol. The van der Waals surface area contributed by atoms with E-state index in [9.17, 15) is 15.2 Å². The van der Waals surface area contributed by atoms with E-state index in [0.29, 0.717) is 22.8 Å². The molecule has 3 heterocycles. The largest absolute Gasteiger partial charge is 0.481 e. The average molecular weight is 400 g/mol. The lowest BCUT2D eigenvalue weighted by Gasteiger charge is -2.10. The normalized spacial score (nSPS) is 14.7. The Labute approximate surface area is 163 Å². The second-order valence-electron chi connectivity index (χ2n) is 5.92. The molecule has 0 saturated carbocycles. The molecule has 1 aliphatic heterocycles. The zero-order chi connectivity index (χ0) is 20.4. The van der Waals surface area contributed by atoms with E-state index in [1.165, 1.54) is 23.5 Å². The van der Waals surface area contributed by atoms with Crippen molar-refractivity contribution < 1.29 is 19.9 Å². The number of aliphatic carboxylic acids is 1. The summed E-state index contributed by atoms with van der Waals surface area (Å²) in [5.41, 5.74) is 2.55. The van der Waals surface area contributed by atoms with Crippen molar-refractivity contribution >= 4 is 28.7 Å². The van der Waals surface area contributed by atoms with E-state index in [1.807, 2.05) is 24.4 Å². The second kappa shape index (κ2) is 7.71. The first-order valence-corrected chi connectivity index (χ1v) is 9.00. The number of rotatable bonds is 2. The molecule has 1 aromatic carbocycles. The number of benzene rings is 1. The summed E-state index contributed by atoms with van der Waals surface area (Å²) < 4.78 is 1.74. The molecule has 0 fully saturated rings. The van der Waals surface area contributed by atoms with Gasteiger partial charge in [0.25, 0.3) is 11.7 Å². The molecule has 2 aromatic heterocycles. The maximum atomic E-state index is 11.2. The topological polar surface area (TPSA) is 131 Å². The average Bonchev–Trinajstić information content (AvgIpc) is 3.26. The number of aryl methyl sites for hydroxylation is 1. The highest BCUT2D eigenvalue weighted by atomic mass is 32.1. The maximum absolute atomic E-state index is 11.2. The van der Waals surface area contributed by atoms with E-state index in [0.717, 1.165) is 17.5 Å². The molecule has 0 saturated heterocycles. The molecule has 0 aliphatic carbocycles. The first kappa shape index (κ1) is 19.4. The van der Waals surface area contributed by atoms with Crippen LogP contribution in [0.3, 0.4) is 0 Å². The Balaban J connectivity index is 0.000000516. The summed E-state index contributed by atoms with van der Waals surface area (Å²) in [5, 5.41) is 31.0. The third-order valence-electron chi connectivity index (χ3n) is 3.80. The molecule has 4 rings (SSSR count). The minimum atomic E-state index is -1.14. The molecule has 0 spiro atoms. The Hall–Kier alpha value is -3.37. The number of carboxylic acid groups (broad SMARTS) is 1. The number of aromatic nitrogens is 2. The van der Waals surface area contributed by atoms with Gasteiger partial charge >= 0.3 is 0 Å². The van der Waals surface area contributed by atoms with Crippen LogP contribution in [-0.4, -0.2) is 36.4 Å². The van der Waals surface area contributed by atoms with Gasteiger partial charge in [-0.05, 0) is 24.4 Å². The van der Waals surface area contributed by atoms with Crippen molar-refractivity contribution in [1.29, 1.82) is 0 Å². The van der Waals surface area contributed by atoms with E-state index in [-0.39, 0.29) is 5.69 Å². The minimum Gasteiger partial charge on any atom is -0.481 e. The van der Waals surface area contributed by atoms with E-state index in [2.05, 4.69) is 9.98 Å². The molecular weight excluding hydrogens is 384 g/mol. The van der Waals surface area contributed by atoms with Gasteiger partial charge in [-0.25, -0.2) is 9.98 Å². The zero-order valence-corrected chi connectivity index (χ0v) is 15.8. The predicted octanol–water partition coefficient (Wildman–Crippen LogP) is 3.08. The minimum absolute atomic E-state index is 0.0206. The van der Waals surface area contributed by atoms with E-state index >= 15 is 0 Å².